The predicted octanol–water partition coefficient (Wildman–Crippen LogP) is -0.650. The molecule has 0 aliphatic heterocycles. The van der Waals surface area contributed by atoms with Gasteiger partial charge < -0.3 is 10.6 Å². The highest BCUT2D eigenvalue weighted by atomic mass is 32.2. The van der Waals surface area contributed by atoms with Gasteiger partial charge in [0.15, 0.2) is 9.84 Å². The van der Waals surface area contributed by atoms with Gasteiger partial charge in [-0.15, -0.1) is 0 Å². The average molecular weight is 164 g/mol. The first kappa shape index (κ1) is 9.29. The van der Waals surface area contributed by atoms with E-state index in [0.29, 0.717) is 0 Å². The van der Waals surface area contributed by atoms with Gasteiger partial charge in [-0.1, -0.05) is 0 Å². The van der Waals surface area contributed by atoms with Gasteiger partial charge in [0.2, 0.25) is 0 Å². The normalized spacial score (nSPS) is 13.3. The van der Waals surface area contributed by atoms with Crippen molar-refractivity contribution in [3.8, 4) is 0 Å². The van der Waals surface area contributed by atoms with Crippen molar-refractivity contribution in [2.24, 2.45) is 5.73 Å². The van der Waals surface area contributed by atoms with Crippen LogP contribution in [-0.4, -0.2) is 33.7 Å². The topological polar surface area (TPSA) is 63.4 Å². The molecular formula is C5H12N2O2S. The molecular weight excluding hydrogens is 152 g/mol. The van der Waals surface area contributed by atoms with Gasteiger partial charge in [0, 0.05) is 20.4 Å². The predicted molar refractivity (Wildman–Crippen MR) is 40.8 cm³/mol. The molecule has 0 bridgehead atoms. The van der Waals surface area contributed by atoms with Gasteiger partial charge in [0.25, 0.3) is 0 Å². The van der Waals surface area contributed by atoms with Crippen LogP contribution in [0.1, 0.15) is 0 Å². The first-order valence-electron chi connectivity index (χ1n) is 2.67. The number of nitrogens with zero attached hydrogens (tertiary/aromatic N) is 1. The van der Waals surface area contributed by atoms with Crippen molar-refractivity contribution in [2.75, 3.05) is 20.4 Å². The van der Waals surface area contributed by atoms with Crippen molar-refractivity contribution >= 4 is 9.84 Å². The Balaban J connectivity index is 4.49. The van der Waals surface area contributed by atoms with Gasteiger partial charge in [-0.2, -0.15) is 0 Å². The molecule has 0 atom stereocenters. The average Bonchev–Trinajstić information content (AvgIpc) is 1.60. The number of hydrogen-bond acceptors (Lipinski definition) is 4. The van der Waals surface area contributed by atoms with Crippen molar-refractivity contribution in [3.63, 3.8) is 0 Å². The minimum Gasteiger partial charge on any atom is -0.385 e. The van der Waals surface area contributed by atoms with Crippen LogP contribution in [0.3, 0.4) is 0 Å². The van der Waals surface area contributed by atoms with E-state index in [9.17, 15) is 8.42 Å². The molecule has 0 aliphatic carbocycles. The van der Waals surface area contributed by atoms with E-state index in [4.69, 9.17) is 5.73 Å². The van der Waals surface area contributed by atoms with Gasteiger partial charge in [0.05, 0.1) is 5.41 Å². The molecule has 0 aliphatic rings. The lowest BCUT2D eigenvalue weighted by Crippen LogP contribution is -2.19. The Labute approximate surface area is 61.2 Å². The highest BCUT2D eigenvalue weighted by molar-refractivity contribution is 7.93. The third-order valence-corrected chi connectivity index (χ3v) is 1.52. The summed E-state index contributed by atoms with van der Waals surface area (Å²) >= 11 is 0. The van der Waals surface area contributed by atoms with Gasteiger partial charge in [-0.25, -0.2) is 8.42 Å². The zero-order valence-corrected chi connectivity index (χ0v) is 7.14. The fourth-order valence-corrected chi connectivity index (χ4v) is 0.974. The van der Waals surface area contributed by atoms with Crippen LogP contribution >= 0.6 is 0 Å². The highest BCUT2D eigenvalue weighted by Crippen LogP contribution is 1.92. The Morgan fingerprint density at radius 2 is 1.90 bits per heavy atom. The van der Waals surface area contributed by atoms with E-state index in [2.05, 4.69) is 0 Å². The summed E-state index contributed by atoms with van der Waals surface area (Å²) in [4.78, 5) is 1.53. The minimum absolute atomic E-state index is 0.238. The lowest BCUT2D eigenvalue weighted by atomic mass is 10.7. The first-order valence-corrected chi connectivity index (χ1v) is 4.63. The van der Waals surface area contributed by atoms with E-state index in [-0.39, 0.29) is 5.82 Å². The molecule has 0 aromatic heterocycles. The minimum atomic E-state index is -3.10. The molecule has 0 saturated carbocycles. The molecule has 4 nitrogen and oxygen atoms in total. The molecule has 0 aromatic rings. The van der Waals surface area contributed by atoms with E-state index in [0.717, 1.165) is 11.7 Å². The number of rotatable bonds is 2. The van der Waals surface area contributed by atoms with Gasteiger partial charge in [-0.3, -0.25) is 0 Å². The summed E-state index contributed by atoms with van der Waals surface area (Å²) in [5, 5.41) is 1.02. The van der Waals surface area contributed by atoms with Crippen LogP contribution in [0.4, 0.5) is 0 Å². The van der Waals surface area contributed by atoms with E-state index in [1.165, 1.54) is 4.90 Å². The largest absolute Gasteiger partial charge is 0.385 e. The summed E-state index contributed by atoms with van der Waals surface area (Å²) in [6, 6.07) is 0. The fraction of sp³-hybridized carbons (Fsp3) is 0.600. The van der Waals surface area contributed by atoms with Gasteiger partial charge in [0.1, 0.15) is 5.82 Å². The SMILES string of the molecule is CN(C)C(N)=CS(C)(=O)=O. The molecule has 0 aromatic carbocycles. The van der Waals surface area contributed by atoms with Gasteiger partial charge in [-0.05, 0) is 0 Å². The van der Waals surface area contributed by atoms with Crippen molar-refractivity contribution in [1.82, 2.24) is 4.90 Å². The highest BCUT2D eigenvalue weighted by Gasteiger charge is 1.99. The van der Waals surface area contributed by atoms with E-state index < -0.39 is 9.84 Å². The summed E-state index contributed by atoms with van der Waals surface area (Å²) < 4.78 is 21.1. The second-order valence-electron chi connectivity index (χ2n) is 2.27. The smallest absolute Gasteiger partial charge is 0.172 e. The lowest BCUT2D eigenvalue weighted by molar-refractivity contribution is 0.506. The number of hydrogen-bond donors (Lipinski definition) is 1. The maximum atomic E-state index is 10.6. The van der Waals surface area contributed by atoms with E-state index in [1.807, 2.05) is 0 Å². The van der Waals surface area contributed by atoms with Crippen LogP contribution in [0.15, 0.2) is 11.2 Å². The molecule has 60 valence electrons. The van der Waals surface area contributed by atoms with Crippen LogP contribution in [0.5, 0.6) is 0 Å². The molecule has 2 N–H and O–H groups in total. The molecule has 0 fully saturated rings. The lowest BCUT2D eigenvalue weighted by Gasteiger charge is -2.10. The number of nitrogens with two attached hydrogens (primary N) is 1. The molecule has 0 spiro atoms. The van der Waals surface area contributed by atoms with Crippen molar-refractivity contribution in [2.45, 2.75) is 0 Å². The number of sulfone groups is 1. The van der Waals surface area contributed by atoms with Crippen molar-refractivity contribution < 1.29 is 8.42 Å². The molecule has 5 heteroatoms. The van der Waals surface area contributed by atoms with Gasteiger partial charge >= 0.3 is 0 Å². The molecule has 10 heavy (non-hydrogen) atoms. The van der Waals surface area contributed by atoms with Crippen LogP contribution in [0, 0.1) is 0 Å². The van der Waals surface area contributed by atoms with Crippen LogP contribution in [0.2, 0.25) is 0 Å². The third kappa shape index (κ3) is 4.20. The fourth-order valence-electron chi connectivity index (χ4n) is 0.325. The zero-order valence-electron chi connectivity index (χ0n) is 6.33. The Bertz CT molecular complexity index is 228. The quantitative estimate of drug-likeness (QED) is 0.589. The summed E-state index contributed by atoms with van der Waals surface area (Å²) in [5.41, 5.74) is 5.31. The van der Waals surface area contributed by atoms with Crippen molar-refractivity contribution in [1.29, 1.82) is 0 Å². The standard InChI is InChI=1S/C5H12N2O2S/c1-7(2)5(6)4-10(3,8)9/h4H,6H2,1-3H3. The summed E-state index contributed by atoms with van der Waals surface area (Å²) in [6.45, 7) is 0. The Kier molecular flexibility index (Phi) is 2.71. The monoisotopic (exact) mass is 164 g/mol. The molecule has 0 amide bonds. The van der Waals surface area contributed by atoms with Crippen LogP contribution in [0.25, 0.3) is 0 Å². The zero-order chi connectivity index (χ0) is 8.36. The molecule has 0 unspecified atom stereocenters. The maximum absolute atomic E-state index is 10.6. The Morgan fingerprint density at radius 1 is 1.50 bits per heavy atom. The molecule has 0 radical (unpaired) electrons. The summed E-state index contributed by atoms with van der Waals surface area (Å²) in [7, 11) is 0.258. The van der Waals surface area contributed by atoms with E-state index >= 15 is 0 Å². The molecule has 0 heterocycles. The summed E-state index contributed by atoms with van der Waals surface area (Å²) in [5.74, 6) is 0.238. The second-order valence-corrected chi connectivity index (χ2v) is 4.16. The van der Waals surface area contributed by atoms with Crippen molar-refractivity contribution in [3.05, 3.63) is 11.2 Å². The van der Waals surface area contributed by atoms with Crippen LogP contribution in [-0.2, 0) is 9.84 Å². The van der Waals surface area contributed by atoms with Crippen LogP contribution < -0.4 is 5.73 Å². The Morgan fingerprint density at radius 3 is 2.00 bits per heavy atom. The molecule has 0 rings (SSSR count). The third-order valence-electron chi connectivity index (χ3n) is 0.851. The first-order chi connectivity index (χ1) is 4.33. The Hall–Kier alpha value is -0.710. The van der Waals surface area contributed by atoms with E-state index in [1.54, 1.807) is 14.1 Å². The second kappa shape index (κ2) is 2.92. The maximum Gasteiger partial charge on any atom is 0.172 e. The molecule has 0 saturated heterocycles. The summed E-state index contributed by atoms with van der Waals surface area (Å²) in [6.07, 6.45) is 1.10.